The van der Waals surface area contributed by atoms with Gasteiger partial charge in [0.1, 0.15) is 12.4 Å². The van der Waals surface area contributed by atoms with Crippen LogP contribution in [0.15, 0.2) is 60.8 Å². The van der Waals surface area contributed by atoms with Crippen LogP contribution in [0.2, 0.25) is 5.02 Å². The van der Waals surface area contributed by atoms with E-state index in [2.05, 4.69) is 30.1 Å². The first kappa shape index (κ1) is 24.1. The molecule has 8 rings (SSSR count). The van der Waals surface area contributed by atoms with Gasteiger partial charge in [0.05, 0.1) is 27.9 Å². The molecule has 1 N–H and O–H groups in total. The van der Waals surface area contributed by atoms with Gasteiger partial charge in [-0.2, -0.15) is 0 Å². The molecule has 4 saturated carbocycles. The van der Waals surface area contributed by atoms with E-state index in [-0.39, 0.29) is 0 Å². The molecule has 4 fully saturated rings. The molecule has 2 aromatic carbocycles. The SMILES string of the molecule is Cc1cc(C2(O)C3CC4CC(C3)CC2C4)c(Cl)cc1-c1cc(OCc2ccccc2)c2c(C)nccc2n1. The maximum Gasteiger partial charge on any atom is 0.133 e. The minimum atomic E-state index is -0.822. The smallest absolute Gasteiger partial charge is 0.133 e. The van der Waals surface area contributed by atoms with Crippen molar-refractivity contribution in [1.29, 1.82) is 0 Å². The van der Waals surface area contributed by atoms with Crippen molar-refractivity contribution in [3.63, 3.8) is 0 Å². The van der Waals surface area contributed by atoms with Gasteiger partial charge in [0.2, 0.25) is 0 Å². The lowest BCUT2D eigenvalue weighted by Crippen LogP contribution is -2.55. The summed E-state index contributed by atoms with van der Waals surface area (Å²) in [5.41, 5.74) is 5.77. The highest BCUT2D eigenvalue weighted by molar-refractivity contribution is 6.31. The summed E-state index contributed by atoms with van der Waals surface area (Å²) >= 11 is 7.03. The molecular weight excluding hydrogens is 492 g/mol. The van der Waals surface area contributed by atoms with Crippen molar-refractivity contribution in [2.45, 2.75) is 58.2 Å². The number of aliphatic hydroxyl groups is 1. The van der Waals surface area contributed by atoms with Crippen molar-refractivity contribution in [3.8, 4) is 17.0 Å². The number of fused-ring (bicyclic) bond motifs is 1. The molecule has 0 radical (unpaired) electrons. The topological polar surface area (TPSA) is 55.2 Å². The molecule has 4 bridgehead atoms. The Balaban J connectivity index is 1.29. The van der Waals surface area contributed by atoms with Crippen molar-refractivity contribution in [1.82, 2.24) is 9.97 Å². The van der Waals surface area contributed by atoms with Gasteiger partial charge in [-0.25, -0.2) is 4.98 Å². The number of aryl methyl sites for hydroxylation is 2. The summed E-state index contributed by atoms with van der Waals surface area (Å²) < 4.78 is 6.36. The Morgan fingerprint density at radius 2 is 1.66 bits per heavy atom. The van der Waals surface area contributed by atoms with Crippen molar-refractivity contribution in [2.24, 2.45) is 23.7 Å². The summed E-state index contributed by atoms with van der Waals surface area (Å²) in [7, 11) is 0. The third-order valence-electron chi connectivity index (χ3n) is 9.52. The average molecular weight is 525 g/mol. The number of hydrogen-bond donors (Lipinski definition) is 1. The summed E-state index contributed by atoms with van der Waals surface area (Å²) in [6.45, 7) is 4.55. The van der Waals surface area contributed by atoms with E-state index in [0.29, 0.717) is 23.5 Å². The maximum atomic E-state index is 12.2. The molecule has 4 aliphatic carbocycles. The second kappa shape index (κ2) is 9.07. The number of halogens is 1. The number of rotatable bonds is 5. The number of hydrogen-bond acceptors (Lipinski definition) is 4. The first-order chi connectivity index (χ1) is 18.4. The Kier molecular flexibility index (Phi) is 5.75. The molecule has 2 aromatic heterocycles. The van der Waals surface area contributed by atoms with E-state index in [1.54, 1.807) is 6.20 Å². The van der Waals surface area contributed by atoms with E-state index >= 15 is 0 Å². The molecule has 194 valence electrons. The zero-order valence-electron chi connectivity index (χ0n) is 22.0. The predicted molar refractivity (Wildman–Crippen MR) is 151 cm³/mol. The first-order valence-electron chi connectivity index (χ1n) is 13.9. The third kappa shape index (κ3) is 3.84. The summed E-state index contributed by atoms with van der Waals surface area (Å²) in [5, 5.41) is 13.8. The molecule has 5 heteroatoms. The molecule has 2 heterocycles. The highest BCUT2D eigenvalue weighted by atomic mass is 35.5. The normalized spacial score (nSPS) is 27.7. The van der Waals surface area contributed by atoms with E-state index < -0.39 is 5.60 Å². The zero-order chi connectivity index (χ0) is 26.0. The van der Waals surface area contributed by atoms with Gasteiger partial charge in [0.15, 0.2) is 0 Å². The van der Waals surface area contributed by atoms with Gasteiger partial charge in [-0.15, -0.1) is 0 Å². The molecule has 4 nitrogen and oxygen atoms in total. The Labute approximate surface area is 229 Å². The summed E-state index contributed by atoms with van der Waals surface area (Å²) in [4.78, 5) is 9.51. The molecule has 4 aliphatic rings. The van der Waals surface area contributed by atoms with Crippen molar-refractivity contribution >= 4 is 22.5 Å². The Hall–Kier alpha value is -2.95. The standard InChI is InChI=1S/C33H33ClN2O2/c1-19-10-27(33(37)24-12-22-11-23(14-24)15-25(33)13-22)28(34)16-26(19)30-17-31(38-18-21-6-4-3-5-7-21)32-20(2)35-9-8-29(32)36-30/h3-10,16-17,22-25,37H,11-15,18H2,1-2H3. The van der Waals surface area contributed by atoms with Crippen LogP contribution in [0.25, 0.3) is 22.2 Å². The Morgan fingerprint density at radius 3 is 2.37 bits per heavy atom. The van der Waals surface area contributed by atoms with Gasteiger partial charge in [-0.3, -0.25) is 4.98 Å². The number of pyridine rings is 2. The van der Waals surface area contributed by atoms with E-state index in [0.717, 1.165) is 87.8 Å². The second-order valence-corrected chi connectivity index (χ2v) is 12.3. The van der Waals surface area contributed by atoms with Gasteiger partial charge in [-0.1, -0.05) is 48.0 Å². The Bertz CT molecular complexity index is 1510. The molecule has 0 aliphatic heterocycles. The highest BCUT2D eigenvalue weighted by Crippen LogP contribution is 2.62. The van der Waals surface area contributed by atoms with E-state index in [9.17, 15) is 5.11 Å². The van der Waals surface area contributed by atoms with Crippen LogP contribution in [0.4, 0.5) is 0 Å². The van der Waals surface area contributed by atoms with Gasteiger partial charge in [-0.05, 0) is 92.9 Å². The molecule has 4 aromatic rings. The van der Waals surface area contributed by atoms with Crippen LogP contribution in [0.1, 0.15) is 54.5 Å². The largest absolute Gasteiger partial charge is 0.488 e. The molecule has 0 saturated heterocycles. The number of aromatic nitrogens is 2. The molecule has 38 heavy (non-hydrogen) atoms. The zero-order valence-corrected chi connectivity index (χ0v) is 22.7. The van der Waals surface area contributed by atoms with E-state index in [1.165, 1.54) is 6.42 Å². The van der Waals surface area contributed by atoms with Crippen LogP contribution in [0.3, 0.4) is 0 Å². The second-order valence-electron chi connectivity index (χ2n) is 11.8. The van der Waals surface area contributed by atoms with Gasteiger partial charge in [0, 0.05) is 28.4 Å². The Morgan fingerprint density at radius 1 is 0.947 bits per heavy atom. The van der Waals surface area contributed by atoms with Crippen LogP contribution < -0.4 is 4.74 Å². The van der Waals surface area contributed by atoms with Crippen molar-refractivity contribution in [2.75, 3.05) is 0 Å². The third-order valence-corrected chi connectivity index (χ3v) is 9.83. The molecule has 0 unspecified atom stereocenters. The minimum Gasteiger partial charge on any atom is -0.488 e. The lowest BCUT2D eigenvalue weighted by atomic mass is 9.48. The number of nitrogens with zero attached hydrogens (tertiary/aromatic N) is 2. The molecule has 0 spiro atoms. The van der Waals surface area contributed by atoms with Crippen molar-refractivity contribution < 1.29 is 9.84 Å². The predicted octanol–water partition coefficient (Wildman–Crippen LogP) is 7.79. The van der Waals surface area contributed by atoms with Gasteiger partial charge in [0.25, 0.3) is 0 Å². The summed E-state index contributed by atoms with van der Waals surface area (Å²) in [5.74, 6) is 2.96. The summed E-state index contributed by atoms with van der Waals surface area (Å²) in [6.07, 6.45) is 7.65. The lowest BCUT2D eigenvalue weighted by molar-refractivity contribution is -0.179. The first-order valence-corrected chi connectivity index (χ1v) is 14.2. The van der Waals surface area contributed by atoms with Crippen molar-refractivity contribution in [3.05, 3.63) is 88.2 Å². The van der Waals surface area contributed by atoms with E-state index in [4.69, 9.17) is 21.3 Å². The molecule has 0 amide bonds. The van der Waals surface area contributed by atoms with Gasteiger partial charge >= 0.3 is 0 Å². The van der Waals surface area contributed by atoms with Crippen LogP contribution in [-0.2, 0) is 12.2 Å². The minimum absolute atomic E-state index is 0.314. The fraction of sp³-hybridized carbons (Fsp3) is 0.394. The highest BCUT2D eigenvalue weighted by Gasteiger charge is 2.57. The molecular formula is C33H33ClN2O2. The van der Waals surface area contributed by atoms with Gasteiger partial charge < -0.3 is 9.84 Å². The van der Waals surface area contributed by atoms with Crippen LogP contribution >= 0.6 is 11.6 Å². The summed E-state index contributed by atoms with van der Waals surface area (Å²) in [6, 6.07) is 18.3. The fourth-order valence-corrected chi connectivity index (χ4v) is 8.22. The van der Waals surface area contributed by atoms with Crippen LogP contribution in [0.5, 0.6) is 5.75 Å². The average Bonchev–Trinajstić information content (AvgIpc) is 2.91. The van der Waals surface area contributed by atoms with Crippen LogP contribution in [0, 0.1) is 37.5 Å². The lowest BCUT2D eigenvalue weighted by Gasteiger charge is -2.59. The fourth-order valence-electron chi connectivity index (χ4n) is 7.90. The molecule has 0 atom stereocenters. The number of benzene rings is 2. The quantitative estimate of drug-likeness (QED) is 0.289. The van der Waals surface area contributed by atoms with Crippen LogP contribution in [-0.4, -0.2) is 15.1 Å². The van der Waals surface area contributed by atoms with E-state index in [1.807, 2.05) is 43.3 Å². The monoisotopic (exact) mass is 524 g/mol. The number of ether oxygens (including phenoxy) is 1. The maximum absolute atomic E-state index is 12.2.